The summed E-state index contributed by atoms with van der Waals surface area (Å²) in [5.41, 5.74) is 2.49. The highest BCUT2D eigenvalue weighted by molar-refractivity contribution is 7.91. The first-order chi connectivity index (χ1) is 9.53. The van der Waals surface area contributed by atoms with Gasteiger partial charge in [0.05, 0.1) is 11.5 Å². The van der Waals surface area contributed by atoms with E-state index in [1.807, 2.05) is 12.1 Å². The summed E-state index contributed by atoms with van der Waals surface area (Å²) in [6, 6.07) is 6.19. The Morgan fingerprint density at radius 3 is 2.65 bits per heavy atom. The predicted molar refractivity (Wildman–Crippen MR) is 78.6 cm³/mol. The van der Waals surface area contributed by atoms with Crippen molar-refractivity contribution >= 4 is 9.84 Å². The highest BCUT2D eigenvalue weighted by atomic mass is 32.2. The molecule has 0 saturated carbocycles. The van der Waals surface area contributed by atoms with Gasteiger partial charge in [0.1, 0.15) is 15.6 Å². The van der Waals surface area contributed by atoms with E-state index in [2.05, 4.69) is 5.32 Å². The molecule has 1 aliphatic heterocycles. The number of aryl methyl sites for hydroxylation is 1. The highest BCUT2D eigenvalue weighted by Crippen LogP contribution is 2.32. The molecule has 1 aromatic rings. The van der Waals surface area contributed by atoms with Crippen LogP contribution >= 0.6 is 0 Å². The second-order valence-electron chi connectivity index (χ2n) is 5.92. The smallest absolute Gasteiger partial charge is 0.150 e. The second kappa shape index (κ2) is 5.37. The minimum absolute atomic E-state index is 0.295. The van der Waals surface area contributed by atoms with Crippen LogP contribution in [-0.2, 0) is 16.3 Å². The molecule has 1 heterocycles. The minimum atomic E-state index is -2.80. The molecular weight excluding hydrogens is 274 g/mol. The zero-order valence-electron chi connectivity index (χ0n) is 11.5. The number of fused-ring (bicyclic) bond motifs is 1. The molecule has 0 bridgehead atoms. The molecule has 1 atom stereocenters. The van der Waals surface area contributed by atoms with Crippen molar-refractivity contribution in [3.05, 3.63) is 29.3 Å². The quantitative estimate of drug-likeness (QED) is 0.875. The van der Waals surface area contributed by atoms with Crippen LogP contribution in [0.3, 0.4) is 0 Å². The fraction of sp³-hybridized carbons (Fsp3) is 0.600. The van der Waals surface area contributed by atoms with Crippen molar-refractivity contribution in [2.75, 3.05) is 11.5 Å². The third-order valence-corrected chi connectivity index (χ3v) is 6.15. The van der Waals surface area contributed by atoms with E-state index in [0.29, 0.717) is 42.2 Å². The topological polar surface area (TPSA) is 66.4 Å². The number of sulfone groups is 1. The first-order valence-corrected chi connectivity index (χ1v) is 9.14. The van der Waals surface area contributed by atoms with Gasteiger partial charge in [0.15, 0.2) is 0 Å². The van der Waals surface area contributed by atoms with Crippen LogP contribution in [0.1, 0.15) is 42.9 Å². The van der Waals surface area contributed by atoms with Crippen molar-refractivity contribution in [3.63, 3.8) is 0 Å². The third kappa shape index (κ3) is 2.99. The summed E-state index contributed by atoms with van der Waals surface area (Å²) in [6.07, 6.45) is 4.64. The van der Waals surface area contributed by atoms with E-state index in [1.54, 1.807) is 6.07 Å². The Bertz CT molecular complexity index is 583. The first kappa shape index (κ1) is 13.9. The van der Waals surface area contributed by atoms with E-state index < -0.39 is 9.84 Å². The molecule has 0 radical (unpaired) electrons. The Labute approximate surface area is 120 Å². The van der Waals surface area contributed by atoms with Crippen LogP contribution in [0.4, 0.5) is 0 Å². The maximum absolute atomic E-state index is 11.5. The average molecular weight is 295 g/mol. The lowest BCUT2D eigenvalue weighted by atomic mass is 9.87. The lowest BCUT2D eigenvalue weighted by molar-refractivity contribution is 0.372. The van der Waals surface area contributed by atoms with Gasteiger partial charge in [-0.05, 0) is 55.4 Å². The number of phenolic OH excluding ortho intramolecular Hbond substituents is 1. The molecule has 2 N–H and O–H groups in total. The molecule has 1 fully saturated rings. The van der Waals surface area contributed by atoms with Crippen LogP contribution in [0, 0.1) is 0 Å². The molecular formula is C15H21NO3S. The van der Waals surface area contributed by atoms with Gasteiger partial charge in [-0.15, -0.1) is 0 Å². The van der Waals surface area contributed by atoms with Crippen molar-refractivity contribution in [2.45, 2.75) is 44.2 Å². The molecule has 110 valence electrons. The summed E-state index contributed by atoms with van der Waals surface area (Å²) >= 11 is 0. The number of hydrogen-bond donors (Lipinski definition) is 2. The summed E-state index contributed by atoms with van der Waals surface area (Å²) < 4.78 is 22.9. The van der Waals surface area contributed by atoms with E-state index in [-0.39, 0.29) is 0 Å². The lowest BCUT2D eigenvalue weighted by Gasteiger charge is -2.32. The molecule has 0 spiro atoms. The lowest BCUT2D eigenvalue weighted by Crippen LogP contribution is -2.40. The zero-order valence-corrected chi connectivity index (χ0v) is 12.3. The molecule has 1 aliphatic carbocycles. The molecule has 2 aliphatic rings. The van der Waals surface area contributed by atoms with Crippen molar-refractivity contribution in [1.82, 2.24) is 5.32 Å². The van der Waals surface area contributed by atoms with Gasteiger partial charge in [0.25, 0.3) is 0 Å². The van der Waals surface area contributed by atoms with Gasteiger partial charge in [-0.2, -0.15) is 0 Å². The first-order valence-electron chi connectivity index (χ1n) is 7.32. The molecule has 1 saturated heterocycles. The number of phenols is 1. The van der Waals surface area contributed by atoms with E-state index in [4.69, 9.17) is 0 Å². The van der Waals surface area contributed by atoms with E-state index in [0.717, 1.165) is 19.3 Å². The standard InChI is InChI=1S/C15H21NO3S/c17-13-4-5-14-11(10-13)2-1-3-15(14)16-12-6-8-20(18,19)9-7-12/h4-5,10,12,15-17H,1-3,6-9H2. The fourth-order valence-corrected chi connectivity index (χ4v) is 4.81. The number of rotatable bonds is 2. The molecule has 1 unspecified atom stereocenters. The van der Waals surface area contributed by atoms with Crippen LogP contribution in [0.25, 0.3) is 0 Å². The van der Waals surface area contributed by atoms with Crippen LogP contribution in [-0.4, -0.2) is 31.1 Å². The zero-order chi connectivity index (χ0) is 14.2. The second-order valence-corrected chi connectivity index (χ2v) is 8.22. The Balaban J connectivity index is 1.71. The molecule has 3 rings (SSSR count). The van der Waals surface area contributed by atoms with Gasteiger partial charge in [0.2, 0.25) is 0 Å². The normalized spacial score (nSPS) is 26.1. The minimum Gasteiger partial charge on any atom is -0.508 e. The molecule has 0 amide bonds. The van der Waals surface area contributed by atoms with E-state index in [1.165, 1.54) is 11.1 Å². The maximum atomic E-state index is 11.5. The average Bonchev–Trinajstić information content (AvgIpc) is 2.41. The van der Waals surface area contributed by atoms with Crippen molar-refractivity contribution in [2.24, 2.45) is 0 Å². The fourth-order valence-electron chi connectivity index (χ4n) is 3.32. The van der Waals surface area contributed by atoms with Crippen molar-refractivity contribution < 1.29 is 13.5 Å². The Kier molecular flexibility index (Phi) is 3.73. The molecule has 4 nitrogen and oxygen atoms in total. The number of nitrogens with one attached hydrogen (secondary N) is 1. The molecule has 1 aromatic carbocycles. The monoisotopic (exact) mass is 295 g/mol. The van der Waals surface area contributed by atoms with Gasteiger partial charge in [-0.3, -0.25) is 0 Å². The van der Waals surface area contributed by atoms with Gasteiger partial charge in [0, 0.05) is 12.1 Å². The summed E-state index contributed by atoms with van der Waals surface area (Å²) in [5, 5.41) is 13.2. The van der Waals surface area contributed by atoms with Crippen LogP contribution in [0.5, 0.6) is 5.75 Å². The highest BCUT2D eigenvalue weighted by Gasteiger charge is 2.27. The molecule has 20 heavy (non-hydrogen) atoms. The summed E-state index contributed by atoms with van der Waals surface area (Å²) in [6.45, 7) is 0. The van der Waals surface area contributed by atoms with Crippen LogP contribution in [0.15, 0.2) is 18.2 Å². The largest absolute Gasteiger partial charge is 0.508 e. The number of aromatic hydroxyl groups is 1. The summed E-state index contributed by atoms with van der Waals surface area (Å²) in [7, 11) is -2.80. The predicted octanol–water partition coefficient (Wildman–Crippen LogP) is 1.94. The molecule has 5 heteroatoms. The van der Waals surface area contributed by atoms with Crippen molar-refractivity contribution in [1.29, 1.82) is 0 Å². The third-order valence-electron chi connectivity index (χ3n) is 4.43. The Morgan fingerprint density at radius 1 is 1.15 bits per heavy atom. The molecule has 0 aromatic heterocycles. The summed E-state index contributed by atoms with van der Waals surface area (Å²) in [4.78, 5) is 0. The van der Waals surface area contributed by atoms with Gasteiger partial charge < -0.3 is 10.4 Å². The van der Waals surface area contributed by atoms with Crippen LogP contribution in [0.2, 0.25) is 0 Å². The van der Waals surface area contributed by atoms with Crippen LogP contribution < -0.4 is 5.32 Å². The van der Waals surface area contributed by atoms with Crippen molar-refractivity contribution in [3.8, 4) is 5.75 Å². The number of hydrogen-bond acceptors (Lipinski definition) is 4. The summed E-state index contributed by atoms with van der Waals surface area (Å²) in [5.74, 6) is 0.938. The van der Waals surface area contributed by atoms with Gasteiger partial charge in [-0.25, -0.2) is 8.42 Å². The maximum Gasteiger partial charge on any atom is 0.150 e. The van der Waals surface area contributed by atoms with Gasteiger partial charge in [-0.1, -0.05) is 6.07 Å². The Morgan fingerprint density at radius 2 is 1.90 bits per heavy atom. The van der Waals surface area contributed by atoms with E-state index in [9.17, 15) is 13.5 Å². The number of benzene rings is 1. The Hall–Kier alpha value is -1.07. The van der Waals surface area contributed by atoms with Gasteiger partial charge >= 0.3 is 0 Å². The SMILES string of the molecule is O=S1(=O)CCC(NC2CCCc3cc(O)ccc32)CC1. The van der Waals surface area contributed by atoms with E-state index >= 15 is 0 Å².